The van der Waals surface area contributed by atoms with Gasteiger partial charge in [0.2, 0.25) is 0 Å². The van der Waals surface area contributed by atoms with E-state index in [9.17, 15) is 14.9 Å². The fourth-order valence-electron chi connectivity index (χ4n) is 2.71. The third-order valence-electron chi connectivity index (χ3n) is 3.95. The van der Waals surface area contributed by atoms with E-state index in [2.05, 4.69) is 0 Å². The summed E-state index contributed by atoms with van der Waals surface area (Å²) < 4.78 is 6.79. The lowest BCUT2D eigenvalue weighted by Crippen LogP contribution is -2.13. The van der Waals surface area contributed by atoms with E-state index in [1.54, 1.807) is 31.3 Å². The molecule has 0 saturated heterocycles. The van der Waals surface area contributed by atoms with E-state index in [-0.39, 0.29) is 22.1 Å². The van der Waals surface area contributed by atoms with E-state index in [1.165, 1.54) is 6.08 Å². The Labute approximate surface area is 127 Å². The van der Waals surface area contributed by atoms with Crippen molar-refractivity contribution in [3.63, 3.8) is 0 Å². The number of rotatable bonds is 5. The molecule has 114 valence electrons. The van der Waals surface area contributed by atoms with Gasteiger partial charge >= 0.3 is 5.97 Å². The lowest BCUT2D eigenvalue weighted by atomic mass is 10.2. The molecule has 1 aliphatic rings. The number of fused-ring (bicyclic) bond motifs is 1. The second kappa shape index (κ2) is 5.29. The van der Waals surface area contributed by atoms with Crippen LogP contribution in [0.5, 0.6) is 0 Å². The fourth-order valence-corrected chi connectivity index (χ4v) is 2.71. The smallest absolute Gasteiger partial charge is 0.330 e. The zero-order chi connectivity index (χ0) is 15.7. The van der Waals surface area contributed by atoms with Gasteiger partial charge in [0.15, 0.2) is 0 Å². The molecule has 6 heteroatoms. The molecule has 1 aromatic heterocycles. The summed E-state index contributed by atoms with van der Waals surface area (Å²) in [6.07, 6.45) is 6.46. The first-order valence-corrected chi connectivity index (χ1v) is 7.18. The van der Waals surface area contributed by atoms with Gasteiger partial charge in [-0.1, -0.05) is 18.2 Å². The minimum Gasteiger partial charge on any atom is -0.463 e. The highest BCUT2D eigenvalue weighted by Crippen LogP contribution is 2.48. The van der Waals surface area contributed by atoms with Gasteiger partial charge in [-0.25, -0.2) is 4.79 Å². The van der Waals surface area contributed by atoms with Crippen LogP contribution >= 0.6 is 0 Å². The minimum atomic E-state index is -0.389. The van der Waals surface area contributed by atoms with Crippen molar-refractivity contribution in [3.8, 4) is 0 Å². The molecular weight excluding hydrogens is 284 g/mol. The molecule has 0 bridgehead atoms. The number of hydrogen-bond donors (Lipinski definition) is 0. The molecule has 0 aliphatic heterocycles. The van der Waals surface area contributed by atoms with Crippen LogP contribution in [0.4, 0.5) is 5.69 Å². The highest BCUT2D eigenvalue weighted by Gasteiger charge is 2.44. The topological polar surface area (TPSA) is 74.4 Å². The number of para-hydroxylation sites is 1. The number of benzene rings is 1. The molecule has 1 aliphatic carbocycles. The number of carbonyl (C=O) groups excluding carboxylic acids is 1. The predicted octanol–water partition coefficient (Wildman–Crippen LogP) is 3.16. The Kier molecular flexibility index (Phi) is 3.44. The van der Waals surface area contributed by atoms with E-state index in [0.717, 1.165) is 18.4 Å². The number of hydrogen-bond acceptors (Lipinski definition) is 4. The Morgan fingerprint density at radius 1 is 1.45 bits per heavy atom. The summed E-state index contributed by atoms with van der Waals surface area (Å²) in [7, 11) is 0. The van der Waals surface area contributed by atoms with Crippen LogP contribution in [0.15, 0.2) is 42.6 Å². The highest BCUT2D eigenvalue weighted by molar-refractivity contribution is 5.90. The number of allylic oxidation sites excluding steroid dienone is 1. The average Bonchev–Trinajstić information content (AvgIpc) is 3.18. The van der Waals surface area contributed by atoms with Gasteiger partial charge in [0.05, 0.1) is 34.2 Å². The van der Waals surface area contributed by atoms with Gasteiger partial charge in [-0.3, -0.25) is 10.1 Å². The maximum Gasteiger partial charge on any atom is 0.330 e. The fraction of sp³-hybridized carbons (Fsp3) is 0.312. The van der Waals surface area contributed by atoms with Crippen LogP contribution in [0.3, 0.4) is 0 Å². The summed E-state index contributed by atoms with van der Waals surface area (Å²) in [5.41, 5.74) is 0.535. The molecule has 1 aromatic carbocycles. The van der Waals surface area contributed by atoms with Gasteiger partial charge < -0.3 is 9.30 Å². The van der Waals surface area contributed by atoms with Gasteiger partial charge in [-0.15, -0.1) is 0 Å². The normalized spacial score (nSPS) is 16.0. The Bertz CT molecular complexity index is 772. The molecule has 1 saturated carbocycles. The summed E-state index contributed by atoms with van der Waals surface area (Å²) in [5, 5.41) is 11.8. The van der Waals surface area contributed by atoms with E-state index < -0.39 is 0 Å². The third kappa shape index (κ3) is 2.36. The molecule has 3 rings (SSSR count). The molecule has 0 spiro atoms. The van der Waals surface area contributed by atoms with Crippen molar-refractivity contribution in [2.75, 3.05) is 6.61 Å². The molecule has 0 N–H and O–H groups in total. The molecule has 2 aromatic rings. The number of esters is 1. The molecule has 6 nitrogen and oxygen atoms in total. The zero-order valence-electron chi connectivity index (χ0n) is 12.2. The van der Waals surface area contributed by atoms with Crippen molar-refractivity contribution < 1.29 is 14.5 Å². The van der Waals surface area contributed by atoms with Crippen molar-refractivity contribution in [3.05, 3.63) is 52.7 Å². The first kappa shape index (κ1) is 14.3. The van der Waals surface area contributed by atoms with Crippen LogP contribution in [0.2, 0.25) is 0 Å². The number of carbonyl (C=O) groups is 1. The quantitative estimate of drug-likeness (QED) is 0.368. The van der Waals surface area contributed by atoms with Crippen molar-refractivity contribution in [2.24, 2.45) is 0 Å². The van der Waals surface area contributed by atoms with Crippen LogP contribution in [0.25, 0.3) is 10.9 Å². The second-order valence-electron chi connectivity index (χ2n) is 5.35. The summed E-state index contributed by atoms with van der Waals surface area (Å²) in [4.78, 5) is 22.4. The van der Waals surface area contributed by atoms with Gasteiger partial charge in [0.1, 0.15) is 0 Å². The minimum absolute atomic E-state index is 0.0893. The molecular formula is C16H16N2O4. The lowest BCUT2D eigenvalue weighted by Gasteiger charge is -2.13. The monoisotopic (exact) mass is 300 g/mol. The first-order valence-electron chi connectivity index (χ1n) is 7.18. The second-order valence-corrected chi connectivity index (χ2v) is 5.35. The van der Waals surface area contributed by atoms with Crippen LogP contribution in [0, 0.1) is 10.1 Å². The average molecular weight is 300 g/mol. The van der Waals surface area contributed by atoms with Crippen LogP contribution in [0.1, 0.15) is 19.8 Å². The van der Waals surface area contributed by atoms with Crippen molar-refractivity contribution >= 4 is 22.6 Å². The van der Waals surface area contributed by atoms with Crippen molar-refractivity contribution in [1.82, 2.24) is 4.57 Å². The maximum absolute atomic E-state index is 11.5. The summed E-state index contributed by atoms with van der Waals surface area (Å²) in [5.74, 6) is -0.389. The Hall–Kier alpha value is -2.63. The van der Waals surface area contributed by atoms with E-state index in [1.807, 2.05) is 16.7 Å². The van der Waals surface area contributed by atoms with E-state index in [0.29, 0.717) is 12.0 Å². The van der Waals surface area contributed by atoms with Gasteiger partial charge in [-0.2, -0.15) is 0 Å². The molecule has 1 heterocycles. The molecule has 1 fully saturated rings. The Balaban J connectivity index is 2.03. The van der Waals surface area contributed by atoms with Gasteiger partial charge in [0.25, 0.3) is 5.69 Å². The zero-order valence-corrected chi connectivity index (χ0v) is 12.2. The standard InChI is InChI=1S/C16H16N2O4/c1-2-22-15(19)7-8-16(9-10-16)17-11-14(18(20)21)12-5-3-4-6-13(12)17/h3-8,11H,2,9-10H2,1H3/b8-7+. The summed E-state index contributed by atoms with van der Waals surface area (Å²) in [6, 6.07) is 7.25. The third-order valence-corrected chi connectivity index (χ3v) is 3.95. The highest BCUT2D eigenvalue weighted by atomic mass is 16.6. The van der Waals surface area contributed by atoms with Crippen LogP contribution in [-0.2, 0) is 15.1 Å². The first-order chi connectivity index (χ1) is 10.6. The Morgan fingerprint density at radius 3 is 2.82 bits per heavy atom. The van der Waals surface area contributed by atoms with Crippen LogP contribution in [-0.4, -0.2) is 22.1 Å². The number of nitrogens with zero attached hydrogens (tertiary/aromatic N) is 2. The van der Waals surface area contributed by atoms with E-state index >= 15 is 0 Å². The van der Waals surface area contributed by atoms with Gasteiger partial charge in [-0.05, 0) is 31.9 Å². The summed E-state index contributed by atoms with van der Waals surface area (Å²) >= 11 is 0. The Morgan fingerprint density at radius 2 is 2.18 bits per heavy atom. The summed E-state index contributed by atoms with van der Waals surface area (Å²) in [6.45, 7) is 2.08. The molecule has 0 radical (unpaired) electrons. The largest absolute Gasteiger partial charge is 0.463 e. The molecule has 0 unspecified atom stereocenters. The SMILES string of the molecule is CCOC(=O)/C=C/C1(n2cc([N+](=O)[O-])c3ccccc32)CC1. The van der Waals surface area contributed by atoms with Crippen molar-refractivity contribution in [1.29, 1.82) is 0 Å². The van der Waals surface area contributed by atoms with Crippen molar-refractivity contribution in [2.45, 2.75) is 25.3 Å². The number of aromatic nitrogens is 1. The predicted molar refractivity (Wildman–Crippen MR) is 81.6 cm³/mol. The maximum atomic E-state index is 11.5. The number of nitro groups is 1. The number of ether oxygens (including phenoxy) is 1. The molecule has 0 atom stereocenters. The molecule has 0 amide bonds. The van der Waals surface area contributed by atoms with E-state index in [4.69, 9.17) is 4.74 Å². The lowest BCUT2D eigenvalue weighted by molar-refractivity contribution is -0.383. The van der Waals surface area contributed by atoms with Crippen LogP contribution < -0.4 is 0 Å². The van der Waals surface area contributed by atoms with Gasteiger partial charge in [0, 0.05) is 6.08 Å². The molecule has 22 heavy (non-hydrogen) atoms.